The number of rotatable bonds is 3. The minimum absolute atomic E-state index is 0.231. The summed E-state index contributed by atoms with van der Waals surface area (Å²) in [5.74, 6) is 0.922. The van der Waals surface area contributed by atoms with Crippen molar-refractivity contribution in [2.45, 2.75) is 57.6 Å². The Labute approximate surface area is 195 Å². The van der Waals surface area contributed by atoms with Gasteiger partial charge in [-0.15, -0.1) is 0 Å². The number of hydrogen-bond donors (Lipinski definition) is 0. The number of ether oxygens (including phenoxy) is 2. The lowest BCUT2D eigenvalue weighted by Gasteiger charge is -2.40. The van der Waals surface area contributed by atoms with Crippen molar-refractivity contribution in [2.24, 2.45) is 0 Å². The molecular weight excluding hydrogens is 416 g/mol. The summed E-state index contributed by atoms with van der Waals surface area (Å²) in [7, 11) is 1.61. The fraction of sp³-hybridized carbons (Fsp3) is 0.481. The number of methoxy groups -OCH3 is 1. The fourth-order valence-corrected chi connectivity index (χ4v) is 5.72. The van der Waals surface area contributed by atoms with Crippen LogP contribution in [0.25, 0.3) is 11.1 Å². The number of fused-ring (bicyclic) bond motifs is 3. The molecule has 2 atom stereocenters. The summed E-state index contributed by atoms with van der Waals surface area (Å²) in [4.78, 5) is 29.1. The van der Waals surface area contributed by atoms with Gasteiger partial charge in [0.25, 0.3) is 0 Å². The third kappa shape index (κ3) is 3.85. The molecule has 0 bridgehead atoms. The van der Waals surface area contributed by atoms with Gasteiger partial charge in [0.2, 0.25) is 0 Å². The first-order valence-electron chi connectivity index (χ1n) is 11.8. The molecule has 0 saturated carbocycles. The van der Waals surface area contributed by atoms with Crippen molar-refractivity contribution in [3.05, 3.63) is 47.0 Å². The molecule has 5 rings (SSSR count). The van der Waals surface area contributed by atoms with E-state index < -0.39 is 5.60 Å². The van der Waals surface area contributed by atoms with Crippen molar-refractivity contribution in [2.75, 3.05) is 31.6 Å². The summed E-state index contributed by atoms with van der Waals surface area (Å²) in [5, 5.41) is 0. The van der Waals surface area contributed by atoms with Gasteiger partial charge in [-0.25, -0.2) is 4.79 Å². The van der Waals surface area contributed by atoms with Crippen LogP contribution < -0.4 is 9.64 Å². The van der Waals surface area contributed by atoms with Gasteiger partial charge in [-0.2, -0.15) is 0 Å². The van der Waals surface area contributed by atoms with Crippen molar-refractivity contribution in [1.29, 1.82) is 0 Å². The molecule has 33 heavy (non-hydrogen) atoms. The van der Waals surface area contributed by atoms with Crippen LogP contribution in [-0.2, 0) is 11.2 Å². The number of aryl methyl sites for hydroxylation is 1. The van der Waals surface area contributed by atoms with Gasteiger partial charge in [0.05, 0.1) is 7.11 Å². The molecule has 0 unspecified atom stereocenters. The summed E-state index contributed by atoms with van der Waals surface area (Å²) in [5.41, 5.74) is 6.11. The molecule has 2 aromatic carbocycles. The zero-order chi connectivity index (χ0) is 23.3. The van der Waals surface area contributed by atoms with Crippen LogP contribution in [0.15, 0.2) is 30.3 Å². The lowest BCUT2D eigenvalue weighted by atomic mass is 9.86. The molecule has 0 spiro atoms. The summed E-state index contributed by atoms with van der Waals surface area (Å²) >= 11 is 0. The molecule has 1 fully saturated rings. The Bertz CT molecular complexity index is 1100. The third-order valence-corrected chi connectivity index (χ3v) is 7.08. The predicted molar refractivity (Wildman–Crippen MR) is 128 cm³/mol. The molecule has 1 saturated heterocycles. The van der Waals surface area contributed by atoms with E-state index >= 15 is 0 Å². The molecule has 0 aromatic heterocycles. The predicted octanol–water partition coefficient (Wildman–Crippen LogP) is 5.03. The van der Waals surface area contributed by atoms with Crippen LogP contribution in [0.1, 0.15) is 61.0 Å². The van der Waals surface area contributed by atoms with Gasteiger partial charge < -0.3 is 19.3 Å². The number of likely N-dealkylation sites (tertiary alicyclic amines) is 1. The van der Waals surface area contributed by atoms with Crippen molar-refractivity contribution >= 4 is 18.1 Å². The SMILES string of the molecule is COc1ccc(-c2cc3c4c(c2)[C@@H]2CN(C(=O)OC(C)(C)C)CC[C@@H]2N4CCC3)c(C=O)c1. The highest BCUT2D eigenvalue weighted by Crippen LogP contribution is 2.50. The molecule has 1 amide bonds. The summed E-state index contributed by atoms with van der Waals surface area (Å²) in [6.45, 7) is 8.17. The Morgan fingerprint density at radius 1 is 1.15 bits per heavy atom. The van der Waals surface area contributed by atoms with Gasteiger partial charge in [-0.3, -0.25) is 4.79 Å². The van der Waals surface area contributed by atoms with E-state index in [4.69, 9.17) is 9.47 Å². The second-order valence-electron chi connectivity index (χ2n) is 10.3. The quantitative estimate of drug-likeness (QED) is 0.616. The number of nitrogens with zero attached hydrogens (tertiary/aromatic N) is 2. The van der Waals surface area contributed by atoms with Gasteiger partial charge in [-0.05, 0) is 92.6 Å². The van der Waals surface area contributed by atoms with Crippen LogP contribution in [0.3, 0.4) is 0 Å². The van der Waals surface area contributed by atoms with Gasteiger partial charge in [0, 0.05) is 42.8 Å². The average molecular weight is 449 g/mol. The Morgan fingerprint density at radius 2 is 1.97 bits per heavy atom. The molecule has 3 aliphatic heterocycles. The number of aldehydes is 1. The Kier molecular flexibility index (Phi) is 5.34. The zero-order valence-corrected chi connectivity index (χ0v) is 19.9. The van der Waals surface area contributed by atoms with Crippen molar-refractivity contribution in [3.63, 3.8) is 0 Å². The van der Waals surface area contributed by atoms with Gasteiger partial charge in [0.15, 0.2) is 6.29 Å². The number of hydrogen-bond acceptors (Lipinski definition) is 5. The molecule has 0 N–H and O–H groups in total. The topological polar surface area (TPSA) is 59.1 Å². The lowest BCUT2D eigenvalue weighted by molar-refractivity contribution is 0.0189. The molecule has 3 heterocycles. The van der Waals surface area contributed by atoms with Crippen LogP contribution in [0, 0.1) is 0 Å². The summed E-state index contributed by atoms with van der Waals surface area (Å²) < 4.78 is 11.0. The second kappa shape index (κ2) is 8.08. The normalized spacial score (nSPS) is 21.3. The minimum Gasteiger partial charge on any atom is -0.497 e. The van der Waals surface area contributed by atoms with Crippen LogP contribution in [0.2, 0.25) is 0 Å². The number of carbonyl (C=O) groups is 2. The number of amides is 1. The third-order valence-electron chi connectivity index (χ3n) is 7.08. The van der Waals surface area contributed by atoms with E-state index in [0.29, 0.717) is 23.9 Å². The van der Waals surface area contributed by atoms with E-state index in [-0.39, 0.29) is 12.0 Å². The zero-order valence-electron chi connectivity index (χ0n) is 19.9. The molecule has 6 nitrogen and oxygen atoms in total. The highest BCUT2D eigenvalue weighted by molar-refractivity contribution is 5.90. The largest absolute Gasteiger partial charge is 0.497 e. The van der Waals surface area contributed by atoms with Gasteiger partial charge in [0.1, 0.15) is 11.4 Å². The minimum atomic E-state index is -0.504. The first kappa shape index (κ1) is 21.8. The Balaban J connectivity index is 1.54. The molecular formula is C27H32N2O4. The number of carbonyl (C=O) groups excluding carboxylic acids is 2. The summed E-state index contributed by atoms with van der Waals surface area (Å²) in [6, 6.07) is 10.6. The average Bonchev–Trinajstić information content (AvgIpc) is 3.12. The van der Waals surface area contributed by atoms with E-state index in [9.17, 15) is 9.59 Å². The van der Waals surface area contributed by atoms with Crippen molar-refractivity contribution < 1.29 is 19.1 Å². The van der Waals surface area contributed by atoms with E-state index in [1.54, 1.807) is 13.2 Å². The second-order valence-corrected chi connectivity index (χ2v) is 10.3. The van der Waals surface area contributed by atoms with E-state index in [0.717, 1.165) is 49.8 Å². The highest BCUT2D eigenvalue weighted by Gasteiger charge is 2.45. The number of piperidine rings is 1. The first-order valence-corrected chi connectivity index (χ1v) is 11.8. The standard InChI is InChI=1S/C27H32N2O4/c1-27(2,3)33-26(31)28-11-9-24-23(15-28)22-14-18(12-17-6-5-10-29(24)25(17)22)21-8-7-20(32-4)13-19(21)16-30/h7-8,12-14,16,23-24H,5-6,9-11,15H2,1-4H3/t23-,24-/m0/s1. The number of benzene rings is 2. The van der Waals surface area contributed by atoms with E-state index in [1.165, 1.54) is 16.8 Å². The molecule has 0 radical (unpaired) electrons. The molecule has 2 aromatic rings. The molecule has 0 aliphatic carbocycles. The monoisotopic (exact) mass is 448 g/mol. The Morgan fingerprint density at radius 3 is 2.70 bits per heavy atom. The molecule has 3 aliphatic rings. The van der Waals surface area contributed by atoms with Crippen LogP contribution in [0.4, 0.5) is 10.5 Å². The maximum Gasteiger partial charge on any atom is 0.410 e. The van der Waals surface area contributed by atoms with Crippen molar-refractivity contribution in [1.82, 2.24) is 4.90 Å². The van der Waals surface area contributed by atoms with Gasteiger partial charge in [-0.1, -0.05) is 0 Å². The summed E-state index contributed by atoms with van der Waals surface area (Å²) in [6.07, 6.45) is 3.77. The smallest absolute Gasteiger partial charge is 0.410 e. The fourth-order valence-electron chi connectivity index (χ4n) is 5.72. The highest BCUT2D eigenvalue weighted by atomic mass is 16.6. The maximum absolute atomic E-state index is 12.8. The number of anilines is 1. The van der Waals surface area contributed by atoms with Gasteiger partial charge >= 0.3 is 6.09 Å². The van der Waals surface area contributed by atoms with Crippen LogP contribution >= 0.6 is 0 Å². The van der Waals surface area contributed by atoms with Crippen LogP contribution in [-0.4, -0.2) is 55.7 Å². The Hall–Kier alpha value is -3.02. The van der Waals surface area contributed by atoms with E-state index in [2.05, 4.69) is 17.0 Å². The maximum atomic E-state index is 12.8. The van der Waals surface area contributed by atoms with Crippen LogP contribution in [0.5, 0.6) is 5.75 Å². The van der Waals surface area contributed by atoms with E-state index in [1.807, 2.05) is 37.8 Å². The molecule has 174 valence electrons. The molecule has 6 heteroatoms. The first-order chi connectivity index (χ1) is 15.8. The lowest BCUT2D eigenvalue weighted by Crippen LogP contribution is -2.49. The van der Waals surface area contributed by atoms with Crippen molar-refractivity contribution in [3.8, 4) is 16.9 Å².